The van der Waals surface area contributed by atoms with Crippen LogP contribution in [0, 0.1) is 5.92 Å². The molecule has 166 valence electrons. The molecule has 4 atom stereocenters. The Morgan fingerprint density at radius 2 is 2.13 bits per heavy atom. The highest BCUT2D eigenvalue weighted by atomic mass is 19.1. The fourth-order valence-electron chi connectivity index (χ4n) is 4.59. The molecule has 1 aromatic heterocycles. The highest BCUT2D eigenvalue weighted by Gasteiger charge is 2.62. The zero-order valence-corrected chi connectivity index (χ0v) is 17.7. The van der Waals surface area contributed by atoms with Crippen LogP contribution in [0.3, 0.4) is 0 Å². The monoisotopic (exact) mass is 431 g/mol. The summed E-state index contributed by atoms with van der Waals surface area (Å²) in [6.07, 6.45) is 1.70. The molecule has 0 aliphatic carbocycles. The van der Waals surface area contributed by atoms with Crippen molar-refractivity contribution in [1.82, 2.24) is 10.0 Å². The van der Waals surface area contributed by atoms with Crippen molar-refractivity contribution < 1.29 is 28.3 Å². The first-order chi connectivity index (χ1) is 14.8. The van der Waals surface area contributed by atoms with Crippen LogP contribution in [-0.4, -0.2) is 53.1 Å². The molecular formula is C22H26FN3O5. The average Bonchev–Trinajstić information content (AvgIpc) is 3.32. The van der Waals surface area contributed by atoms with Gasteiger partial charge in [-0.25, -0.2) is 4.39 Å². The number of nitrogens with two attached hydrogens (primary N) is 1. The fraction of sp³-hybridized carbons (Fsp3) is 0.500. The van der Waals surface area contributed by atoms with E-state index >= 15 is 0 Å². The summed E-state index contributed by atoms with van der Waals surface area (Å²) in [6, 6.07) is 8.05. The zero-order valence-electron chi connectivity index (χ0n) is 17.7. The Bertz CT molecular complexity index is 1010. The van der Waals surface area contributed by atoms with E-state index in [1.807, 2.05) is 44.2 Å². The molecule has 1 amide bonds. The van der Waals surface area contributed by atoms with Crippen LogP contribution in [0.25, 0.3) is 10.8 Å². The van der Waals surface area contributed by atoms with Crippen molar-refractivity contribution in [3.05, 3.63) is 42.2 Å². The number of carbonyl (C=O) groups excluding carboxylic acids is 2. The van der Waals surface area contributed by atoms with Crippen molar-refractivity contribution in [2.24, 2.45) is 11.7 Å². The first kappa shape index (κ1) is 21.6. The average molecular weight is 431 g/mol. The molecule has 2 fully saturated rings. The van der Waals surface area contributed by atoms with Gasteiger partial charge in [-0.3, -0.25) is 19.4 Å². The molecule has 9 heteroatoms. The van der Waals surface area contributed by atoms with Crippen LogP contribution in [0.15, 0.2) is 36.5 Å². The number of pyridine rings is 1. The van der Waals surface area contributed by atoms with Gasteiger partial charge in [0.1, 0.15) is 6.04 Å². The molecule has 0 bridgehead atoms. The fourth-order valence-corrected chi connectivity index (χ4v) is 4.59. The smallest absolute Gasteiger partial charge is 0.310 e. The Kier molecular flexibility index (Phi) is 5.45. The third-order valence-corrected chi connectivity index (χ3v) is 6.44. The summed E-state index contributed by atoms with van der Waals surface area (Å²) in [5.74, 6) is -3.37. The second kappa shape index (κ2) is 7.81. The van der Waals surface area contributed by atoms with Gasteiger partial charge in [0.15, 0.2) is 12.3 Å². The van der Waals surface area contributed by atoms with Gasteiger partial charge in [0.05, 0.1) is 18.2 Å². The number of fused-ring (bicyclic) bond motifs is 1. The number of cyclic esters (lactones) is 1. The molecule has 2 N–H and O–H groups in total. The van der Waals surface area contributed by atoms with Gasteiger partial charge in [0, 0.05) is 25.1 Å². The molecular weight excluding hydrogens is 405 g/mol. The predicted octanol–water partition coefficient (Wildman–Crippen LogP) is 2.42. The minimum atomic E-state index is -1.84. The SMILES string of the molecule is COC1(CF)OC(=O)C[C@@H]1N1O[C@@](C(N)=O)(C(C)C)CC1c1nccc2ccccc12. The molecule has 1 aromatic carbocycles. The number of hydroxylamine groups is 2. The Balaban J connectivity index is 1.88. The lowest BCUT2D eigenvalue weighted by Crippen LogP contribution is -2.54. The van der Waals surface area contributed by atoms with Crippen molar-refractivity contribution in [2.75, 3.05) is 13.8 Å². The summed E-state index contributed by atoms with van der Waals surface area (Å²) >= 11 is 0. The van der Waals surface area contributed by atoms with Crippen LogP contribution >= 0.6 is 0 Å². The quantitative estimate of drug-likeness (QED) is 0.701. The number of primary amides is 1. The number of halogens is 1. The Morgan fingerprint density at radius 3 is 2.77 bits per heavy atom. The van der Waals surface area contributed by atoms with Gasteiger partial charge < -0.3 is 15.2 Å². The van der Waals surface area contributed by atoms with Crippen LogP contribution in [0.1, 0.15) is 38.4 Å². The molecule has 31 heavy (non-hydrogen) atoms. The normalized spacial score (nSPS) is 31.5. The molecule has 2 aromatic rings. The standard InChI is InChI=1S/C22H26FN3O5/c1-13(2)21(20(24)28)11-16(19-15-7-5-4-6-14(15)8-9-25-19)26(31-21)17-10-18(27)30-22(17,12-23)29-3/h4-9,13,16-17H,10-12H2,1-3H3,(H2,24,28)/t16?,17-,21+,22?/m0/s1. The zero-order chi connectivity index (χ0) is 22.4. The van der Waals surface area contributed by atoms with E-state index in [-0.39, 0.29) is 18.8 Å². The predicted molar refractivity (Wildman–Crippen MR) is 109 cm³/mol. The minimum absolute atomic E-state index is 0.161. The van der Waals surface area contributed by atoms with Crippen molar-refractivity contribution in [3.63, 3.8) is 0 Å². The maximum absolute atomic E-state index is 14.1. The first-order valence-electron chi connectivity index (χ1n) is 10.2. The number of nitrogens with zero attached hydrogens (tertiary/aromatic N) is 2. The maximum atomic E-state index is 14.1. The van der Waals surface area contributed by atoms with E-state index in [2.05, 4.69) is 4.98 Å². The van der Waals surface area contributed by atoms with Crippen LogP contribution < -0.4 is 5.73 Å². The topological polar surface area (TPSA) is 104 Å². The molecule has 4 rings (SSSR count). The van der Waals surface area contributed by atoms with Crippen LogP contribution in [-0.2, 0) is 23.9 Å². The number of hydrogen-bond acceptors (Lipinski definition) is 7. The summed E-state index contributed by atoms with van der Waals surface area (Å²) in [5, 5.41) is 3.27. The summed E-state index contributed by atoms with van der Waals surface area (Å²) in [5.41, 5.74) is 5.08. The van der Waals surface area contributed by atoms with Gasteiger partial charge in [0.2, 0.25) is 0 Å². The summed E-state index contributed by atoms with van der Waals surface area (Å²) in [6.45, 7) is 2.59. The molecule has 2 saturated heterocycles. The van der Waals surface area contributed by atoms with Gasteiger partial charge in [-0.1, -0.05) is 38.1 Å². The van der Waals surface area contributed by atoms with Crippen molar-refractivity contribution in [3.8, 4) is 0 Å². The number of carbonyl (C=O) groups is 2. The lowest BCUT2D eigenvalue weighted by Gasteiger charge is -2.37. The van der Waals surface area contributed by atoms with Gasteiger partial charge in [-0.15, -0.1) is 0 Å². The molecule has 0 spiro atoms. The van der Waals surface area contributed by atoms with Crippen LogP contribution in [0.5, 0.6) is 0 Å². The van der Waals surface area contributed by atoms with Gasteiger partial charge in [-0.2, -0.15) is 5.06 Å². The van der Waals surface area contributed by atoms with Crippen molar-refractivity contribution in [1.29, 1.82) is 0 Å². The Morgan fingerprint density at radius 1 is 1.39 bits per heavy atom. The summed E-state index contributed by atoms with van der Waals surface area (Å²) in [4.78, 5) is 35.5. The lowest BCUT2D eigenvalue weighted by molar-refractivity contribution is -0.295. The van der Waals surface area contributed by atoms with Crippen molar-refractivity contribution in [2.45, 2.75) is 50.2 Å². The lowest BCUT2D eigenvalue weighted by atomic mass is 9.83. The largest absolute Gasteiger partial charge is 0.428 e. The number of ether oxygens (including phenoxy) is 2. The molecule has 0 radical (unpaired) electrons. The molecule has 2 unspecified atom stereocenters. The second-order valence-electron chi connectivity index (χ2n) is 8.34. The van der Waals surface area contributed by atoms with E-state index < -0.39 is 42.0 Å². The highest BCUT2D eigenvalue weighted by Crippen LogP contribution is 2.49. The van der Waals surface area contributed by atoms with Gasteiger partial charge in [0.25, 0.3) is 11.7 Å². The number of methoxy groups -OCH3 is 1. The third kappa shape index (κ3) is 3.28. The van der Waals surface area contributed by atoms with Crippen LogP contribution in [0.2, 0.25) is 0 Å². The van der Waals surface area contributed by atoms with E-state index in [4.69, 9.17) is 20.0 Å². The number of aromatic nitrogens is 1. The van der Waals surface area contributed by atoms with E-state index in [0.29, 0.717) is 5.69 Å². The molecule has 8 nitrogen and oxygen atoms in total. The number of rotatable bonds is 6. The van der Waals surface area contributed by atoms with Crippen LogP contribution in [0.4, 0.5) is 4.39 Å². The summed E-state index contributed by atoms with van der Waals surface area (Å²) < 4.78 is 24.7. The summed E-state index contributed by atoms with van der Waals surface area (Å²) in [7, 11) is 1.27. The number of esters is 1. The minimum Gasteiger partial charge on any atom is -0.428 e. The Labute approximate surface area is 179 Å². The van der Waals surface area contributed by atoms with Gasteiger partial charge in [-0.05, 0) is 17.4 Å². The Hall–Kier alpha value is -2.62. The van der Waals surface area contributed by atoms with Gasteiger partial charge >= 0.3 is 5.97 Å². The molecule has 3 heterocycles. The maximum Gasteiger partial charge on any atom is 0.310 e. The molecule has 0 saturated carbocycles. The third-order valence-electron chi connectivity index (χ3n) is 6.44. The van der Waals surface area contributed by atoms with Crippen molar-refractivity contribution >= 4 is 22.6 Å². The first-order valence-corrected chi connectivity index (χ1v) is 10.2. The second-order valence-corrected chi connectivity index (χ2v) is 8.34. The number of amides is 1. The highest BCUT2D eigenvalue weighted by molar-refractivity contribution is 5.86. The number of hydrogen-bond donors (Lipinski definition) is 1. The molecule has 2 aliphatic heterocycles. The van der Waals surface area contributed by atoms with E-state index in [1.54, 1.807) is 6.20 Å². The van der Waals surface area contributed by atoms with E-state index in [1.165, 1.54) is 12.2 Å². The number of alkyl halides is 1. The van der Waals surface area contributed by atoms with E-state index in [9.17, 15) is 14.0 Å². The van der Waals surface area contributed by atoms with E-state index in [0.717, 1.165) is 10.8 Å². The number of benzene rings is 1. The molecule has 2 aliphatic rings.